The van der Waals surface area contributed by atoms with Gasteiger partial charge in [-0.25, -0.2) is 13.8 Å². The fourth-order valence-corrected chi connectivity index (χ4v) is 4.05. The van der Waals surface area contributed by atoms with E-state index in [2.05, 4.69) is 20.5 Å². The van der Waals surface area contributed by atoms with Gasteiger partial charge in [-0.2, -0.15) is 10.2 Å². The Hall–Kier alpha value is -3.67. The van der Waals surface area contributed by atoms with E-state index < -0.39 is 23.9 Å². The number of hydrogen-bond donors (Lipinski definition) is 2. The van der Waals surface area contributed by atoms with E-state index in [1.54, 1.807) is 36.3 Å². The molecule has 0 fully saturated rings. The monoisotopic (exact) mass is 431 g/mol. The topological polar surface area (TPSA) is 121 Å². The van der Waals surface area contributed by atoms with Crippen LogP contribution in [0.25, 0.3) is 10.2 Å². The highest BCUT2D eigenvalue weighted by atomic mass is 32.1. The number of anilines is 1. The van der Waals surface area contributed by atoms with Gasteiger partial charge in [-0.1, -0.05) is 0 Å². The molecule has 4 aromatic heterocycles. The third kappa shape index (κ3) is 3.64. The number of thiophene rings is 1. The molecule has 4 heterocycles. The molecule has 154 valence electrons. The van der Waals surface area contributed by atoms with E-state index in [1.807, 2.05) is 0 Å². The number of rotatable bonds is 6. The standard InChI is InChI=1S/C18H15F2N7O2S/c1-9-7-11(15(19)20)23-18-12(9)13(14(30-18)16(21)28)24-17(29)10-3-6-27(25-10)8-26-5-2-4-22-26/h2-7,15H,8H2,1H3,(H2,21,28)(H,24,29). The van der Waals surface area contributed by atoms with Crippen molar-refractivity contribution in [3.63, 3.8) is 0 Å². The highest BCUT2D eigenvalue weighted by Crippen LogP contribution is 2.38. The van der Waals surface area contributed by atoms with Crippen LogP contribution in [0.5, 0.6) is 0 Å². The first-order valence-corrected chi connectivity index (χ1v) is 9.49. The highest BCUT2D eigenvalue weighted by molar-refractivity contribution is 7.21. The number of fused-ring (bicyclic) bond motifs is 1. The van der Waals surface area contributed by atoms with Crippen LogP contribution >= 0.6 is 11.3 Å². The highest BCUT2D eigenvalue weighted by Gasteiger charge is 2.24. The van der Waals surface area contributed by atoms with Gasteiger partial charge >= 0.3 is 0 Å². The molecule has 0 aliphatic carbocycles. The molecule has 0 atom stereocenters. The van der Waals surface area contributed by atoms with Gasteiger partial charge in [0.05, 0.1) is 5.69 Å². The maximum atomic E-state index is 13.1. The summed E-state index contributed by atoms with van der Waals surface area (Å²) in [5, 5.41) is 11.3. The SMILES string of the molecule is Cc1cc(C(F)F)nc2sc(C(N)=O)c(NC(=O)c3ccn(Cn4cccn4)n3)c12. The van der Waals surface area contributed by atoms with E-state index >= 15 is 0 Å². The van der Waals surface area contributed by atoms with Crippen molar-refractivity contribution in [1.29, 1.82) is 0 Å². The quantitative estimate of drug-likeness (QED) is 0.486. The molecule has 0 saturated carbocycles. The molecule has 9 nitrogen and oxygen atoms in total. The second kappa shape index (κ2) is 7.63. The molecule has 0 aromatic carbocycles. The molecule has 0 aliphatic heterocycles. The molecule has 0 bridgehead atoms. The average Bonchev–Trinajstić information content (AvgIpc) is 3.42. The maximum absolute atomic E-state index is 13.1. The lowest BCUT2D eigenvalue weighted by Crippen LogP contribution is -2.18. The van der Waals surface area contributed by atoms with Crippen LogP contribution in [0.2, 0.25) is 0 Å². The maximum Gasteiger partial charge on any atom is 0.280 e. The summed E-state index contributed by atoms with van der Waals surface area (Å²) in [6, 6.07) is 4.50. The van der Waals surface area contributed by atoms with Gasteiger partial charge in [0, 0.05) is 24.0 Å². The molecule has 3 N–H and O–H groups in total. The zero-order valence-corrected chi connectivity index (χ0v) is 16.4. The number of halogens is 2. The third-order valence-electron chi connectivity index (χ3n) is 4.29. The minimum atomic E-state index is -2.76. The molecule has 12 heteroatoms. The number of aryl methyl sites for hydroxylation is 1. The second-order valence-electron chi connectivity index (χ2n) is 6.40. The Morgan fingerprint density at radius 1 is 1.30 bits per heavy atom. The van der Waals surface area contributed by atoms with Gasteiger partial charge in [-0.3, -0.25) is 19.0 Å². The van der Waals surface area contributed by atoms with Gasteiger partial charge in [0.2, 0.25) is 0 Å². The van der Waals surface area contributed by atoms with Crippen LogP contribution in [0, 0.1) is 6.92 Å². The summed E-state index contributed by atoms with van der Waals surface area (Å²) < 4.78 is 29.3. The number of nitrogens with one attached hydrogen (secondary N) is 1. The molecule has 0 saturated heterocycles. The van der Waals surface area contributed by atoms with E-state index in [-0.39, 0.29) is 21.1 Å². The molecule has 30 heavy (non-hydrogen) atoms. The van der Waals surface area contributed by atoms with Crippen LogP contribution in [-0.2, 0) is 6.67 Å². The lowest BCUT2D eigenvalue weighted by atomic mass is 10.1. The van der Waals surface area contributed by atoms with Crippen LogP contribution < -0.4 is 11.1 Å². The number of hydrogen-bond acceptors (Lipinski definition) is 6. The lowest BCUT2D eigenvalue weighted by Gasteiger charge is -2.07. The fraction of sp³-hybridized carbons (Fsp3) is 0.167. The predicted molar refractivity (Wildman–Crippen MR) is 106 cm³/mol. The summed E-state index contributed by atoms with van der Waals surface area (Å²) >= 11 is 0.852. The number of nitrogens with two attached hydrogens (primary N) is 1. The molecule has 4 aromatic rings. The minimum absolute atomic E-state index is 0.0244. The number of primary amides is 1. The van der Waals surface area contributed by atoms with Crippen molar-refractivity contribution in [3.8, 4) is 0 Å². The van der Waals surface area contributed by atoms with Crippen LogP contribution in [0.3, 0.4) is 0 Å². The molecule has 2 amide bonds. The summed E-state index contributed by atoms with van der Waals surface area (Å²) in [7, 11) is 0. The number of pyridine rings is 1. The van der Waals surface area contributed by atoms with Crippen molar-refractivity contribution >= 4 is 39.1 Å². The second-order valence-corrected chi connectivity index (χ2v) is 7.40. The first-order chi connectivity index (χ1) is 14.3. The van der Waals surface area contributed by atoms with Crippen molar-refractivity contribution in [3.05, 3.63) is 58.6 Å². The van der Waals surface area contributed by atoms with Crippen LogP contribution in [-0.4, -0.2) is 36.4 Å². The van der Waals surface area contributed by atoms with Crippen molar-refractivity contribution in [2.24, 2.45) is 5.73 Å². The molecule has 0 unspecified atom stereocenters. The Bertz CT molecular complexity index is 1250. The van der Waals surface area contributed by atoms with Gasteiger partial charge in [-0.15, -0.1) is 11.3 Å². The zero-order chi connectivity index (χ0) is 21.4. The summed E-state index contributed by atoms with van der Waals surface area (Å²) in [5.41, 5.74) is 5.71. The molecular weight excluding hydrogens is 416 g/mol. The number of carbonyl (C=O) groups is 2. The number of nitrogens with zero attached hydrogens (tertiary/aromatic N) is 5. The van der Waals surface area contributed by atoms with Crippen molar-refractivity contribution in [2.45, 2.75) is 20.0 Å². The van der Waals surface area contributed by atoms with E-state index in [1.165, 1.54) is 16.8 Å². The summed E-state index contributed by atoms with van der Waals surface area (Å²) in [4.78, 5) is 28.8. The summed E-state index contributed by atoms with van der Waals surface area (Å²) in [5.74, 6) is -1.37. The van der Waals surface area contributed by atoms with Gasteiger partial charge < -0.3 is 11.1 Å². The van der Waals surface area contributed by atoms with Crippen LogP contribution in [0.1, 0.15) is 37.8 Å². The van der Waals surface area contributed by atoms with Gasteiger partial charge in [0.1, 0.15) is 22.1 Å². The van der Waals surface area contributed by atoms with Crippen LogP contribution in [0.15, 0.2) is 36.8 Å². The molecule has 4 rings (SSSR count). The Balaban J connectivity index is 1.67. The minimum Gasteiger partial charge on any atom is -0.365 e. The molecule has 0 aliphatic rings. The zero-order valence-electron chi connectivity index (χ0n) is 15.5. The smallest absolute Gasteiger partial charge is 0.280 e. The fourth-order valence-electron chi connectivity index (χ4n) is 2.98. The Morgan fingerprint density at radius 3 is 2.77 bits per heavy atom. The summed E-state index contributed by atoms with van der Waals surface area (Å²) in [6.07, 6.45) is 2.23. The van der Waals surface area contributed by atoms with E-state index in [0.29, 0.717) is 17.6 Å². The number of alkyl halides is 2. The largest absolute Gasteiger partial charge is 0.365 e. The van der Waals surface area contributed by atoms with Gasteiger partial charge in [-0.05, 0) is 30.7 Å². The van der Waals surface area contributed by atoms with Gasteiger partial charge in [0.25, 0.3) is 18.2 Å². The predicted octanol–water partition coefficient (Wildman–Crippen LogP) is 2.79. The molecular formula is C18H15F2N7O2S. The first-order valence-electron chi connectivity index (χ1n) is 8.67. The third-order valence-corrected chi connectivity index (χ3v) is 5.39. The Kier molecular flexibility index (Phi) is 4.99. The van der Waals surface area contributed by atoms with Crippen molar-refractivity contribution < 1.29 is 18.4 Å². The van der Waals surface area contributed by atoms with Crippen molar-refractivity contribution in [2.75, 3.05) is 5.32 Å². The van der Waals surface area contributed by atoms with Crippen LogP contribution in [0.4, 0.5) is 14.5 Å². The summed E-state index contributed by atoms with van der Waals surface area (Å²) in [6.45, 7) is 1.91. The molecule has 0 radical (unpaired) electrons. The number of aromatic nitrogens is 5. The molecule has 0 spiro atoms. The normalized spacial score (nSPS) is 11.3. The van der Waals surface area contributed by atoms with E-state index in [0.717, 1.165) is 11.3 Å². The Labute approximate surface area is 172 Å². The van der Waals surface area contributed by atoms with E-state index in [4.69, 9.17) is 5.73 Å². The number of amides is 2. The first kappa shape index (κ1) is 19.6. The van der Waals surface area contributed by atoms with Crippen molar-refractivity contribution in [1.82, 2.24) is 24.5 Å². The Morgan fingerprint density at radius 2 is 2.10 bits per heavy atom. The lowest BCUT2D eigenvalue weighted by molar-refractivity contribution is 0.100. The van der Waals surface area contributed by atoms with E-state index in [9.17, 15) is 18.4 Å². The van der Waals surface area contributed by atoms with Gasteiger partial charge in [0.15, 0.2) is 5.69 Å². The number of carbonyl (C=O) groups excluding carboxylic acids is 2. The average molecular weight is 431 g/mol.